The molecule has 2 aromatic carbocycles. The number of nitrogens with zero attached hydrogens (tertiary/aromatic N) is 1. The number of ether oxygens (including phenoxy) is 1. The standard InChI is InChI=1S/C14H10ClFN2O2/c15-9-2-1-3-12(14(9)16)19-7-13-18-10-6-8(17)4-5-11(10)20-13/h1-6H,7,17H2. The zero-order valence-electron chi connectivity index (χ0n) is 10.3. The minimum Gasteiger partial charge on any atom is -0.481 e. The fourth-order valence-electron chi connectivity index (χ4n) is 1.79. The first-order valence-electron chi connectivity index (χ1n) is 5.85. The maximum Gasteiger partial charge on any atom is 0.233 e. The smallest absolute Gasteiger partial charge is 0.233 e. The van der Waals surface area contributed by atoms with E-state index < -0.39 is 5.82 Å². The highest BCUT2D eigenvalue weighted by molar-refractivity contribution is 6.30. The Bertz CT molecular complexity index is 773. The minimum atomic E-state index is -0.602. The van der Waals surface area contributed by atoms with Crippen LogP contribution in [0.15, 0.2) is 40.8 Å². The molecule has 0 saturated carbocycles. The lowest BCUT2D eigenvalue weighted by Crippen LogP contribution is -1.97. The second-order valence-electron chi connectivity index (χ2n) is 4.18. The van der Waals surface area contributed by atoms with E-state index in [4.69, 9.17) is 26.5 Å². The average Bonchev–Trinajstić information content (AvgIpc) is 2.82. The van der Waals surface area contributed by atoms with Crippen LogP contribution >= 0.6 is 11.6 Å². The molecule has 0 bridgehead atoms. The van der Waals surface area contributed by atoms with Gasteiger partial charge in [-0.05, 0) is 30.3 Å². The maximum atomic E-state index is 13.6. The van der Waals surface area contributed by atoms with Crippen molar-refractivity contribution in [3.8, 4) is 5.75 Å². The number of halogens is 2. The minimum absolute atomic E-state index is 0.00580. The molecule has 6 heteroatoms. The summed E-state index contributed by atoms with van der Waals surface area (Å²) in [5.41, 5.74) is 7.49. The van der Waals surface area contributed by atoms with Crippen LogP contribution in [0.1, 0.15) is 5.89 Å². The molecular formula is C14H10ClFN2O2. The molecule has 0 unspecified atom stereocenters. The molecular weight excluding hydrogens is 283 g/mol. The summed E-state index contributed by atoms with van der Waals surface area (Å²) >= 11 is 5.67. The third-order valence-electron chi connectivity index (χ3n) is 2.72. The molecule has 102 valence electrons. The number of hydrogen-bond acceptors (Lipinski definition) is 4. The Morgan fingerprint density at radius 3 is 3.00 bits per heavy atom. The Morgan fingerprint density at radius 1 is 1.30 bits per heavy atom. The second kappa shape index (κ2) is 5.02. The fraction of sp³-hybridized carbons (Fsp3) is 0.0714. The van der Waals surface area contributed by atoms with Crippen molar-refractivity contribution < 1.29 is 13.5 Å². The molecule has 4 nitrogen and oxygen atoms in total. The van der Waals surface area contributed by atoms with Crippen LogP contribution in [-0.2, 0) is 6.61 Å². The third kappa shape index (κ3) is 2.40. The van der Waals surface area contributed by atoms with Crippen LogP contribution in [0.25, 0.3) is 11.1 Å². The van der Waals surface area contributed by atoms with Crippen molar-refractivity contribution in [3.63, 3.8) is 0 Å². The van der Waals surface area contributed by atoms with E-state index in [0.29, 0.717) is 22.7 Å². The van der Waals surface area contributed by atoms with Crippen LogP contribution < -0.4 is 10.5 Å². The van der Waals surface area contributed by atoms with E-state index in [1.807, 2.05) is 0 Å². The molecule has 0 atom stereocenters. The fourth-order valence-corrected chi connectivity index (χ4v) is 1.95. The zero-order chi connectivity index (χ0) is 14.1. The number of nitrogens with two attached hydrogens (primary N) is 1. The molecule has 3 aromatic rings. The lowest BCUT2D eigenvalue weighted by Gasteiger charge is -2.05. The van der Waals surface area contributed by atoms with E-state index in [2.05, 4.69) is 4.98 Å². The van der Waals surface area contributed by atoms with Gasteiger partial charge in [0.1, 0.15) is 5.52 Å². The van der Waals surface area contributed by atoms with Crippen molar-refractivity contribution in [2.45, 2.75) is 6.61 Å². The van der Waals surface area contributed by atoms with Gasteiger partial charge in [-0.15, -0.1) is 0 Å². The van der Waals surface area contributed by atoms with Crippen molar-refractivity contribution in [1.82, 2.24) is 4.98 Å². The lowest BCUT2D eigenvalue weighted by molar-refractivity contribution is 0.256. The van der Waals surface area contributed by atoms with Crippen LogP contribution in [0, 0.1) is 5.82 Å². The summed E-state index contributed by atoms with van der Waals surface area (Å²) in [5, 5.41) is 0.00726. The number of oxazole rings is 1. The molecule has 0 aliphatic carbocycles. The van der Waals surface area contributed by atoms with Crippen LogP contribution in [-0.4, -0.2) is 4.98 Å². The van der Waals surface area contributed by atoms with Crippen molar-refractivity contribution in [3.05, 3.63) is 53.1 Å². The van der Waals surface area contributed by atoms with Crippen molar-refractivity contribution in [2.24, 2.45) is 0 Å². The molecule has 0 fully saturated rings. The summed E-state index contributed by atoms with van der Waals surface area (Å²) in [4.78, 5) is 4.21. The van der Waals surface area contributed by atoms with Gasteiger partial charge in [0.2, 0.25) is 5.89 Å². The zero-order valence-corrected chi connectivity index (χ0v) is 11.0. The Balaban J connectivity index is 1.81. The quantitative estimate of drug-likeness (QED) is 0.746. The molecule has 3 rings (SSSR count). The molecule has 2 N–H and O–H groups in total. The molecule has 20 heavy (non-hydrogen) atoms. The Hall–Kier alpha value is -2.27. The Morgan fingerprint density at radius 2 is 2.15 bits per heavy atom. The number of fused-ring (bicyclic) bond motifs is 1. The summed E-state index contributed by atoms with van der Waals surface area (Å²) in [7, 11) is 0. The van der Waals surface area contributed by atoms with Gasteiger partial charge in [0.15, 0.2) is 23.8 Å². The highest BCUT2D eigenvalue weighted by Crippen LogP contribution is 2.25. The number of nitrogen functional groups attached to an aromatic ring is 1. The van der Waals surface area contributed by atoms with Gasteiger partial charge in [0, 0.05) is 5.69 Å². The number of rotatable bonds is 3. The van der Waals surface area contributed by atoms with E-state index in [1.165, 1.54) is 12.1 Å². The van der Waals surface area contributed by atoms with E-state index in [-0.39, 0.29) is 17.4 Å². The van der Waals surface area contributed by atoms with Gasteiger partial charge in [-0.3, -0.25) is 0 Å². The van der Waals surface area contributed by atoms with Crippen LogP contribution in [0.2, 0.25) is 5.02 Å². The molecule has 0 spiro atoms. The van der Waals surface area contributed by atoms with Gasteiger partial charge < -0.3 is 14.9 Å². The van der Waals surface area contributed by atoms with Crippen LogP contribution in [0.5, 0.6) is 5.75 Å². The predicted molar refractivity (Wildman–Crippen MR) is 74.2 cm³/mol. The van der Waals surface area contributed by atoms with E-state index in [9.17, 15) is 4.39 Å². The normalized spacial score (nSPS) is 10.9. The maximum absolute atomic E-state index is 13.6. The molecule has 0 aliphatic rings. The molecule has 0 saturated heterocycles. The van der Waals surface area contributed by atoms with Gasteiger partial charge in [0.05, 0.1) is 5.02 Å². The first-order valence-corrected chi connectivity index (χ1v) is 6.23. The SMILES string of the molecule is Nc1ccc2oc(COc3cccc(Cl)c3F)nc2c1. The van der Waals surface area contributed by atoms with Crippen LogP contribution in [0.3, 0.4) is 0 Å². The lowest BCUT2D eigenvalue weighted by atomic mass is 10.3. The van der Waals surface area contributed by atoms with Gasteiger partial charge >= 0.3 is 0 Å². The number of hydrogen-bond donors (Lipinski definition) is 1. The first-order chi connectivity index (χ1) is 9.63. The molecule has 0 radical (unpaired) electrons. The summed E-state index contributed by atoms with van der Waals surface area (Å²) < 4.78 is 24.4. The van der Waals surface area contributed by atoms with Gasteiger partial charge in [-0.1, -0.05) is 17.7 Å². The van der Waals surface area contributed by atoms with E-state index >= 15 is 0 Å². The average molecular weight is 293 g/mol. The van der Waals surface area contributed by atoms with E-state index in [0.717, 1.165) is 0 Å². The highest BCUT2D eigenvalue weighted by Gasteiger charge is 2.10. The Labute approximate surface area is 118 Å². The molecule has 0 aliphatic heterocycles. The largest absolute Gasteiger partial charge is 0.481 e. The van der Waals surface area contributed by atoms with Crippen molar-refractivity contribution in [1.29, 1.82) is 0 Å². The molecule has 1 aromatic heterocycles. The highest BCUT2D eigenvalue weighted by atomic mass is 35.5. The summed E-state index contributed by atoms with van der Waals surface area (Å²) in [5.74, 6) is -0.209. The number of aromatic nitrogens is 1. The molecule has 1 heterocycles. The van der Waals surface area contributed by atoms with Gasteiger partial charge in [-0.2, -0.15) is 0 Å². The van der Waals surface area contributed by atoms with Crippen molar-refractivity contribution in [2.75, 3.05) is 5.73 Å². The predicted octanol–water partition coefficient (Wildman–Crippen LogP) is 3.78. The van der Waals surface area contributed by atoms with Gasteiger partial charge in [-0.25, -0.2) is 9.37 Å². The topological polar surface area (TPSA) is 61.3 Å². The number of benzene rings is 2. The number of anilines is 1. The van der Waals surface area contributed by atoms with Crippen molar-refractivity contribution >= 4 is 28.4 Å². The monoisotopic (exact) mass is 292 g/mol. The third-order valence-corrected chi connectivity index (χ3v) is 3.02. The van der Waals surface area contributed by atoms with E-state index in [1.54, 1.807) is 24.3 Å². The Kier molecular flexibility index (Phi) is 3.20. The summed E-state index contributed by atoms with van der Waals surface area (Å²) in [6.07, 6.45) is 0. The first kappa shape index (κ1) is 12.7. The summed E-state index contributed by atoms with van der Waals surface area (Å²) in [6.45, 7) is 0.00580. The second-order valence-corrected chi connectivity index (χ2v) is 4.58. The molecule has 0 amide bonds. The van der Waals surface area contributed by atoms with Crippen LogP contribution in [0.4, 0.5) is 10.1 Å². The van der Waals surface area contributed by atoms with Gasteiger partial charge in [0.25, 0.3) is 0 Å². The summed E-state index contributed by atoms with van der Waals surface area (Å²) in [6, 6.07) is 9.68.